The highest BCUT2D eigenvalue weighted by Gasteiger charge is 2.20. The van der Waals surface area contributed by atoms with E-state index in [-0.39, 0.29) is 25.3 Å². The number of nitrogens with one attached hydrogen (secondary N) is 2. The van der Waals surface area contributed by atoms with Crippen LogP contribution in [0.3, 0.4) is 0 Å². The molecule has 0 aromatic rings. The van der Waals surface area contributed by atoms with Crippen LogP contribution in [0, 0.1) is 0 Å². The molecule has 0 unspecified atom stereocenters. The third kappa shape index (κ3) is 10.2. The van der Waals surface area contributed by atoms with E-state index in [9.17, 15) is 9.59 Å². The Morgan fingerprint density at radius 1 is 0.857 bits per heavy atom. The molecular weight excluding hydrogens is 280 g/mol. The van der Waals surface area contributed by atoms with Crippen molar-refractivity contribution in [2.24, 2.45) is 0 Å². The highest BCUT2D eigenvalue weighted by atomic mass is 16.4. The zero-order valence-electron chi connectivity index (χ0n) is 12.1. The Morgan fingerprint density at radius 2 is 1.24 bits per heavy atom. The molecule has 2 heterocycles. The molecule has 0 bridgehead atoms. The van der Waals surface area contributed by atoms with Gasteiger partial charge in [-0.05, 0) is 45.2 Å². The molecule has 6 N–H and O–H groups in total. The van der Waals surface area contributed by atoms with Crippen molar-refractivity contribution >= 4 is 11.9 Å². The van der Waals surface area contributed by atoms with E-state index in [2.05, 4.69) is 10.6 Å². The van der Waals surface area contributed by atoms with Crippen LogP contribution in [0.25, 0.3) is 0 Å². The number of hydrogen-bond donors (Lipinski definition) is 6. The number of aliphatic carboxylic acids is 2. The maximum absolute atomic E-state index is 10.1. The normalized spacial score (nSPS) is 23.5. The molecule has 2 saturated heterocycles. The number of aliphatic hydroxyl groups is 2. The number of carboxylic acids is 2. The van der Waals surface area contributed by atoms with Crippen LogP contribution < -0.4 is 10.6 Å². The fraction of sp³-hybridized carbons (Fsp3) is 0.846. The van der Waals surface area contributed by atoms with Gasteiger partial charge in [-0.15, -0.1) is 0 Å². The second kappa shape index (κ2) is 12.5. The van der Waals surface area contributed by atoms with Crippen LogP contribution in [0.1, 0.15) is 32.1 Å². The molecule has 2 aliphatic heterocycles. The average molecular weight is 306 g/mol. The summed E-state index contributed by atoms with van der Waals surface area (Å²) in [5.41, 5.74) is 0. The number of hydrogen-bond acceptors (Lipinski definition) is 6. The summed E-state index contributed by atoms with van der Waals surface area (Å²) in [4.78, 5) is 20.3. The van der Waals surface area contributed by atoms with E-state index < -0.39 is 11.9 Å². The van der Waals surface area contributed by atoms with E-state index in [0.717, 1.165) is 38.8 Å². The molecule has 8 nitrogen and oxygen atoms in total. The van der Waals surface area contributed by atoms with Crippen molar-refractivity contribution in [3.05, 3.63) is 0 Å². The molecule has 2 aliphatic rings. The highest BCUT2D eigenvalue weighted by Crippen LogP contribution is 2.04. The lowest BCUT2D eigenvalue weighted by Gasteiger charge is -1.99. The highest BCUT2D eigenvalue weighted by molar-refractivity contribution is 5.74. The third-order valence-electron chi connectivity index (χ3n) is 3.03. The predicted molar refractivity (Wildman–Crippen MR) is 76.1 cm³/mol. The minimum atomic E-state index is -0.720. The number of carbonyl (C=O) groups is 2. The first-order valence-corrected chi connectivity index (χ1v) is 7.17. The van der Waals surface area contributed by atoms with Crippen LogP contribution in [0.15, 0.2) is 0 Å². The van der Waals surface area contributed by atoms with Gasteiger partial charge in [0.05, 0.1) is 0 Å². The maximum Gasteiger partial charge on any atom is 0.320 e. The van der Waals surface area contributed by atoms with E-state index in [1.807, 2.05) is 0 Å². The minimum absolute atomic E-state index is 0.0938. The zero-order chi connectivity index (χ0) is 16.1. The van der Waals surface area contributed by atoms with E-state index in [1.165, 1.54) is 0 Å². The van der Waals surface area contributed by atoms with Gasteiger partial charge < -0.3 is 31.1 Å². The Hall–Kier alpha value is -1.22. The van der Waals surface area contributed by atoms with Gasteiger partial charge in [0.25, 0.3) is 0 Å². The molecule has 0 aromatic carbocycles. The molecule has 0 aliphatic carbocycles. The van der Waals surface area contributed by atoms with Gasteiger partial charge in [-0.3, -0.25) is 9.59 Å². The third-order valence-corrected chi connectivity index (χ3v) is 3.03. The first-order chi connectivity index (χ1) is 10.0. The Kier molecular flexibility index (Phi) is 11.8. The molecule has 2 rings (SSSR count). The zero-order valence-corrected chi connectivity index (χ0v) is 12.1. The summed E-state index contributed by atoms with van der Waals surface area (Å²) in [6.45, 7) is 1.90. The maximum atomic E-state index is 10.1. The van der Waals surface area contributed by atoms with Gasteiger partial charge in [-0.25, -0.2) is 0 Å². The summed E-state index contributed by atoms with van der Waals surface area (Å²) in [7, 11) is 0. The monoisotopic (exact) mass is 306 g/mol. The van der Waals surface area contributed by atoms with Crippen LogP contribution >= 0.6 is 0 Å². The second-order valence-electron chi connectivity index (χ2n) is 4.78. The fourth-order valence-electron chi connectivity index (χ4n) is 1.86. The molecule has 0 radical (unpaired) electrons. The predicted octanol–water partition coefficient (Wildman–Crippen LogP) is -0.993. The van der Waals surface area contributed by atoms with E-state index in [4.69, 9.17) is 20.4 Å². The van der Waals surface area contributed by atoms with Crippen LogP contribution in [0.2, 0.25) is 0 Å². The standard InChI is InChI=1S/2C5H9NO2.C3H8O2/c2*7-5(8)4-2-1-3-6-4;4-2-1-3-5/h2*4,6H,1-3H2,(H,7,8);4-5H,1-3H2/t2*4-;/m00./s1. The van der Waals surface area contributed by atoms with Crippen LogP contribution in [-0.2, 0) is 9.59 Å². The van der Waals surface area contributed by atoms with Crippen LogP contribution in [0.4, 0.5) is 0 Å². The SMILES string of the molecule is O=C(O)[C@@H]1CCCN1.O=C(O)[C@@H]1CCCN1.OCCCO. The van der Waals surface area contributed by atoms with Crippen molar-refractivity contribution < 1.29 is 30.0 Å². The van der Waals surface area contributed by atoms with E-state index >= 15 is 0 Å². The topological polar surface area (TPSA) is 139 Å². The summed E-state index contributed by atoms with van der Waals surface area (Å²) in [5.74, 6) is -1.44. The summed E-state index contributed by atoms with van der Waals surface area (Å²) >= 11 is 0. The average Bonchev–Trinajstić information content (AvgIpc) is 3.15. The van der Waals surface area contributed by atoms with Crippen molar-refractivity contribution in [1.29, 1.82) is 0 Å². The Labute approximate surface area is 124 Å². The summed E-state index contributed by atoms with van der Waals surface area (Å²) in [5, 5.41) is 38.2. The number of aliphatic hydroxyl groups excluding tert-OH is 2. The largest absolute Gasteiger partial charge is 0.480 e. The number of rotatable bonds is 4. The van der Waals surface area contributed by atoms with Gasteiger partial charge in [0, 0.05) is 13.2 Å². The fourth-order valence-corrected chi connectivity index (χ4v) is 1.86. The number of carboxylic acid groups (broad SMARTS) is 2. The van der Waals surface area contributed by atoms with Gasteiger partial charge in [0.15, 0.2) is 0 Å². The van der Waals surface area contributed by atoms with E-state index in [0.29, 0.717) is 6.42 Å². The first-order valence-electron chi connectivity index (χ1n) is 7.17. The summed E-state index contributed by atoms with van der Waals surface area (Å²) < 4.78 is 0. The Bertz CT molecular complexity index is 260. The lowest BCUT2D eigenvalue weighted by atomic mass is 10.2. The van der Waals surface area contributed by atoms with Gasteiger partial charge in [-0.2, -0.15) is 0 Å². The van der Waals surface area contributed by atoms with Gasteiger partial charge in [0.1, 0.15) is 12.1 Å². The smallest absolute Gasteiger partial charge is 0.320 e. The Morgan fingerprint density at radius 3 is 1.33 bits per heavy atom. The van der Waals surface area contributed by atoms with Crippen LogP contribution in [-0.4, -0.2) is 70.8 Å². The van der Waals surface area contributed by atoms with Gasteiger partial charge in [-0.1, -0.05) is 0 Å². The molecule has 124 valence electrons. The molecule has 0 saturated carbocycles. The van der Waals surface area contributed by atoms with Gasteiger partial charge in [0.2, 0.25) is 0 Å². The lowest BCUT2D eigenvalue weighted by molar-refractivity contribution is -0.140. The van der Waals surface area contributed by atoms with Crippen molar-refractivity contribution in [1.82, 2.24) is 10.6 Å². The van der Waals surface area contributed by atoms with Gasteiger partial charge >= 0.3 is 11.9 Å². The quantitative estimate of drug-likeness (QED) is 0.389. The minimum Gasteiger partial charge on any atom is -0.480 e. The van der Waals surface area contributed by atoms with Crippen molar-refractivity contribution in [3.8, 4) is 0 Å². The Balaban J connectivity index is 0.000000296. The molecule has 2 atom stereocenters. The summed E-state index contributed by atoms with van der Waals surface area (Å²) in [6.07, 6.45) is 4.07. The molecule has 8 heteroatoms. The lowest BCUT2D eigenvalue weighted by Crippen LogP contribution is -2.29. The molecule has 2 fully saturated rings. The first kappa shape index (κ1) is 19.8. The molecule has 0 spiro atoms. The molecule has 21 heavy (non-hydrogen) atoms. The molecule has 0 amide bonds. The molecular formula is C13H26N2O6. The van der Waals surface area contributed by atoms with Crippen LogP contribution in [0.5, 0.6) is 0 Å². The van der Waals surface area contributed by atoms with E-state index in [1.54, 1.807) is 0 Å². The van der Waals surface area contributed by atoms with Crippen molar-refractivity contribution in [3.63, 3.8) is 0 Å². The van der Waals surface area contributed by atoms with Crippen molar-refractivity contribution in [2.45, 2.75) is 44.2 Å². The summed E-state index contributed by atoms with van der Waals surface area (Å²) in [6, 6.07) is -0.537. The van der Waals surface area contributed by atoms with Crippen molar-refractivity contribution in [2.75, 3.05) is 26.3 Å². The second-order valence-corrected chi connectivity index (χ2v) is 4.78. The molecule has 0 aromatic heterocycles.